The molecule has 4 aromatic rings. The molecule has 3 aliphatic rings. The highest BCUT2D eigenvalue weighted by atomic mass is 35.5. The second-order valence-corrected chi connectivity index (χ2v) is 10.6. The highest BCUT2D eigenvalue weighted by Crippen LogP contribution is 2.61. The lowest BCUT2D eigenvalue weighted by atomic mass is 9.64. The van der Waals surface area contributed by atoms with Crippen molar-refractivity contribution in [2.24, 2.45) is 5.41 Å². The Hall–Kier alpha value is -4.35. The monoisotopic (exact) mass is 533 g/mol. The quantitative estimate of drug-likeness (QED) is 0.215. The first-order chi connectivity index (χ1) is 18.9. The lowest BCUT2D eigenvalue weighted by Crippen LogP contribution is -2.48. The molecule has 0 bridgehead atoms. The fourth-order valence-electron chi connectivity index (χ4n) is 6.79. The van der Waals surface area contributed by atoms with Crippen LogP contribution in [-0.4, -0.2) is 29.4 Å². The predicted molar refractivity (Wildman–Crippen MR) is 148 cm³/mol. The van der Waals surface area contributed by atoms with Gasteiger partial charge in [0, 0.05) is 38.9 Å². The van der Waals surface area contributed by atoms with Crippen molar-refractivity contribution in [3.8, 4) is 0 Å². The van der Waals surface area contributed by atoms with E-state index in [0.29, 0.717) is 38.5 Å². The molecule has 1 aliphatic carbocycles. The van der Waals surface area contributed by atoms with Gasteiger partial charge >= 0.3 is 0 Å². The Bertz CT molecular complexity index is 1700. The SMILES string of the molecule is O=C(c1ccccc1)[C@@H]1[C@@H](c2ccccc2Cl)C2(C(=O)c3ccccc3C2=O)[C@H]2C=Cc3cc(F)ccc3N12. The van der Waals surface area contributed by atoms with E-state index in [2.05, 4.69) is 0 Å². The van der Waals surface area contributed by atoms with Gasteiger partial charge in [-0.25, -0.2) is 4.39 Å². The lowest BCUT2D eigenvalue weighted by Gasteiger charge is -2.37. The number of anilines is 1. The summed E-state index contributed by atoms with van der Waals surface area (Å²) in [6.45, 7) is 0. The van der Waals surface area contributed by atoms with Gasteiger partial charge in [0.15, 0.2) is 17.3 Å². The fraction of sp³-hybridized carbons (Fsp3) is 0.121. The number of benzene rings is 4. The van der Waals surface area contributed by atoms with Crippen molar-refractivity contribution in [3.63, 3.8) is 0 Å². The third-order valence-corrected chi connectivity index (χ3v) is 8.68. The van der Waals surface area contributed by atoms with Crippen LogP contribution in [0.1, 0.15) is 48.1 Å². The van der Waals surface area contributed by atoms with Crippen molar-refractivity contribution in [1.29, 1.82) is 0 Å². The molecule has 6 heteroatoms. The van der Waals surface area contributed by atoms with Gasteiger partial charge in [-0.05, 0) is 29.8 Å². The van der Waals surface area contributed by atoms with Crippen LogP contribution < -0.4 is 4.90 Å². The van der Waals surface area contributed by atoms with Gasteiger partial charge in [-0.1, -0.05) is 96.5 Å². The minimum absolute atomic E-state index is 0.246. The average molecular weight is 534 g/mol. The molecule has 3 atom stereocenters. The molecule has 0 saturated carbocycles. The average Bonchev–Trinajstić information content (AvgIpc) is 3.39. The van der Waals surface area contributed by atoms with Crippen molar-refractivity contribution in [1.82, 2.24) is 0 Å². The Morgan fingerprint density at radius 3 is 2.15 bits per heavy atom. The van der Waals surface area contributed by atoms with Crippen LogP contribution in [0.2, 0.25) is 5.02 Å². The zero-order valence-electron chi connectivity index (χ0n) is 20.6. The maximum atomic E-state index is 14.6. The molecule has 2 heterocycles. The minimum Gasteiger partial charge on any atom is -0.352 e. The van der Waals surface area contributed by atoms with Gasteiger partial charge in [0.2, 0.25) is 0 Å². The molecule has 1 fully saturated rings. The summed E-state index contributed by atoms with van der Waals surface area (Å²) in [5.41, 5.74) is 1.19. The molecule has 4 nitrogen and oxygen atoms in total. The minimum atomic E-state index is -1.65. The number of carbonyl (C=O) groups excluding carboxylic acids is 3. The summed E-state index contributed by atoms with van der Waals surface area (Å²) < 4.78 is 14.3. The summed E-state index contributed by atoms with van der Waals surface area (Å²) in [6.07, 6.45) is 3.51. The molecule has 0 unspecified atom stereocenters. The number of carbonyl (C=O) groups is 3. The summed E-state index contributed by atoms with van der Waals surface area (Å²) >= 11 is 6.79. The van der Waals surface area contributed by atoms with Crippen molar-refractivity contribution in [2.45, 2.75) is 18.0 Å². The molecular formula is C33H21ClFNO3. The highest BCUT2D eigenvalue weighted by Gasteiger charge is 2.71. The third-order valence-electron chi connectivity index (χ3n) is 8.33. The molecule has 0 radical (unpaired) electrons. The lowest BCUT2D eigenvalue weighted by molar-refractivity contribution is 0.0666. The number of ketones is 3. The van der Waals surface area contributed by atoms with E-state index in [0.717, 1.165) is 0 Å². The number of nitrogens with zero attached hydrogens (tertiary/aromatic N) is 1. The first-order valence-corrected chi connectivity index (χ1v) is 13.1. The van der Waals surface area contributed by atoms with Crippen molar-refractivity contribution in [3.05, 3.63) is 142 Å². The first kappa shape index (κ1) is 23.7. The maximum Gasteiger partial charge on any atom is 0.185 e. The van der Waals surface area contributed by atoms with Gasteiger partial charge in [-0.15, -0.1) is 0 Å². The summed E-state index contributed by atoms with van der Waals surface area (Å²) in [6, 6.07) is 25.3. The van der Waals surface area contributed by atoms with Crippen LogP contribution in [0.15, 0.2) is 103 Å². The molecule has 0 aromatic heterocycles. The highest BCUT2D eigenvalue weighted by molar-refractivity contribution is 6.34. The van der Waals surface area contributed by atoms with Crippen LogP contribution in [0.25, 0.3) is 6.08 Å². The van der Waals surface area contributed by atoms with Gasteiger partial charge in [0.1, 0.15) is 17.3 Å². The number of hydrogen-bond acceptors (Lipinski definition) is 4. The molecule has 2 aliphatic heterocycles. The molecular weight excluding hydrogens is 513 g/mol. The van der Waals surface area contributed by atoms with Crippen LogP contribution in [0.3, 0.4) is 0 Å². The van der Waals surface area contributed by atoms with E-state index in [1.54, 1.807) is 91.0 Å². The van der Waals surface area contributed by atoms with Gasteiger partial charge in [0.05, 0.1) is 6.04 Å². The standard InChI is InChI=1S/C33H21ClFNO3/c34-25-13-7-6-12-24(25)28-29(30(37)19-8-2-1-3-9-19)36-26-16-15-21(35)18-20(26)14-17-27(36)33(28)31(38)22-10-4-5-11-23(22)32(33)39/h1-18,27-29H/t27-,28-,29+/m1/s1. The Kier molecular flexibility index (Phi) is 5.23. The molecule has 1 spiro atoms. The van der Waals surface area contributed by atoms with E-state index in [1.807, 2.05) is 11.0 Å². The van der Waals surface area contributed by atoms with Crippen LogP contribution in [0.4, 0.5) is 10.1 Å². The van der Waals surface area contributed by atoms with Crippen LogP contribution >= 0.6 is 11.6 Å². The second-order valence-electron chi connectivity index (χ2n) is 10.2. The summed E-state index contributed by atoms with van der Waals surface area (Å²) in [5, 5.41) is 0.368. The molecule has 39 heavy (non-hydrogen) atoms. The Morgan fingerprint density at radius 1 is 0.821 bits per heavy atom. The van der Waals surface area contributed by atoms with E-state index in [-0.39, 0.29) is 17.3 Å². The van der Waals surface area contributed by atoms with Gasteiger partial charge in [-0.3, -0.25) is 14.4 Å². The fourth-order valence-corrected chi connectivity index (χ4v) is 7.04. The van der Waals surface area contributed by atoms with E-state index in [4.69, 9.17) is 11.6 Å². The Labute approximate surface area is 229 Å². The third kappa shape index (κ3) is 3.14. The Morgan fingerprint density at radius 2 is 1.46 bits per heavy atom. The number of hydrogen-bond donors (Lipinski definition) is 0. The smallest absolute Gasteiger partial charge is 0.185 e. The molecule has 0 N–H and O–H groups in total. The van der Waals surface area contributed by atoms with Crippen LogP contribution in [0.5, 0.6) is 0 Å². The number of Topliss-reactive ketones (excluding diaryl/α,β-unsaturated/α-hetero) is 3. The van der Waals surface area contributed by atoms with Gasteiger partial charge in [0.25, 0.3) is 0 Å². The van der Waals surface area contributed by atoms with E-state index in [9.17, 15) is 18.8 Å². The zero-order valence-corrected chi connectivity index (χ0v) is 21.3. The number of rotatable bonds is 3. The van der Waals surface area contributed by atoms with Gasteiger partial charge in [-0.2, -0.15) is 0 Å². The van der Waals surface area contributed by atoms with E-state index >= 15 is 0 Å². The molecule has 4 aromatic carbocycles. The predicted octanol–water partition coefficient (Wildman–Crippen LogP) is 6.80. The first-order valence-electron chi connectivity index (χ1n) is 12.7. The molecule has 190 valence electrons. The normalized spacial score (nSPS) is 22.1. The Balaban J connectivity index is 1.57. The van der Waals surface area contributed by atoms with E-state index < -0.39 is 29.2 Å². The largest absolute Gasteiger partial charge is 0.352 e. The number of halogens is 2. The topological polar surface area (TPSA) is 54.5 Å². The summed E-state index contributed by atoms with van der Waals surface area (Å²) in [5.74, 6) is -2.23. The van der Waals surface area contributed by atoms with Crippen molar-refractivity contribution >= 4 is 40.7 Å². The molecule has 1 saturated heterocycles. The second kappa shape index (κ2) is 8.58. The number of fused-ring (bicyclic) bond motifs is 5. The van der Waals surface area contributed by atoms with Crippen molar-refractivity contribution in [2.75, 3.05) is 4.90 Å². The molecule has 0 amide bonds. The van der Waals surface area contributed by atoms with Crippen molar-refractivity contribution < 1.29 is 18.8 Å². The van der Waals surface area contributed by atoms with E-state index in [1.165, 1.54) is 12.1 Å². The van der Waals surface area contributed by atoms with Crippen LogP contribution in [-0.2, 0) is 0 Å². The maximum absolute atomic E-state index is 14.6. The molecule has 7 rings (SSSR count). The zero-order chi connectivity index (χ0) is 26.9. The summed E-state index contributed by atoms with van der Waals surface area (Å²) in [7, 11) is 0. The summed E-state index contributed by atoms with van der Waals surface area (Å²) in [4.78, 5) is 45.5. The van der Waals surface area contributed by atoms with Gasteiger partial charge < -0.3 is 4.90 Å². The van der Waals surface area contributed by atoms with Crippen LogP contribution in [0, 0.1) is 11.2 Å².